The normalized spacial score (nSPS) is 10.4. The minimum atomic E-state index is 0.621. The van der Waals surface area contributed by atoms with Gasteiger partial charge in [0, 0.05) is 24.3 Å². The van der Waals surface area contributed by atoms with E-state index in [9.17, 15) is 0 Å². The van der Waals surface area contributed by atoms with E-state index in [-0.39, 0.29) is 0 Å². The molecule has 0 aliphatic rings. The summed E-state index contributed by atoms with van der Waals surface area (Å²) in [5, 5.41) is 7.32. The highest BCUT2D eigenvalue weighted by atomic mass is 35.5. The number of hydrogen-bond donors (Lipinski definition) is 2. The summed E-state index contributed by atoms with van der Waals surface area (Å²) in [6.07, 6.45) is 2.67. The molecule has 5 heteroatoms. The first-order valence-electron chi connectivity index (χ1n) is 7.89. The van der Waals surface area contributed by atoms with E-state index in [4.69, 9.17) is 11.6 Å². The van der Waals surface area contributed by atoms with E-state index in [1.165, 1.54) is 11.1 Å². The number of anilines is 2. The molecule has 0 aliphatic heterocycles. The van der Waals surface area contributed by atoms with Crippen LogP contribution in [0.25, 0.3) is 0 Å². The molecule has 0 saturated heterocycles. The third kappa shape index (κ3) is 4.96. The fourth-order valence-electron chi connectivity index (χ4n) is 2.31. The van der Waals surface area contributed by atoms with Gasteiger partial charge in [-0.15, -0.1) is 0 Å². The molecule has 0 spiro atoms. The number of hydrogen-bond acceptors (Lipinski definition) is 4. The second kappa shape index (κ2) is 8.31. The lowest BCUT2D eigenvalue weighted by Gasteiger charge is -2.08. The molecule has 0 saturated carbocycles. The van der Waals surface area contributed by atoms with Gasteiger partial charge in [-0.2, -0.15) is 4.98 Å². The number of halogens is 1. The Balaban J connectivity index is 1.50. The standard InChI is InChI=1S/C19H19ClN4/c20-17-8-6-15(7-9-17)10-12-21-18-11-13-22-19(24-18)23-14-16-4-2-1-3-5-16/h1-9,11,13H,10,12,14H2,(H2,21,22,23,24). The van der Waals surface area contributed by atoms with Gasteiger partial charge in [0.25, 0.3) is 0 Å². The third-order valence-corrected chi connectivity index (χ3v) is 3.83. The van der Waals surface area contributed by atoms with Crippen molar-refractivity contribution in [3.05, 3.63) is 83.0 Å². The van der Waals surface area contributed by atoms with Gasteiger partial charge in [0.05, 0.1) is 0 Å². The highest BCUT2D eigenvalue weighted by Crippen LogP contribution is 2.11. The van der Waals surface area contributed by atoms with Gasteiger partial charge >= 0.3 is 0 Å². The summed E-state index contributed by atoms with van der Waals surface area (Å²) < 4.78 is 0. The lowest BCUT2D eigenvalue weighted by atomic mass is 10.1. The summed E-state index contributed by atoms with van der Waals surface area (Å²) in [5.41, 5.74) is 2.44. The molecular formula is C19H19ClN4. The van der Waals surface area contributed by atoms with Crippen LogP contribution in [0.4, 0.5) is 11.8 Å². The maximum absolute atomic E-state index is 5.89. The quantitative estimate of drug-likeness (QED) is 0.670. The van der Waals surface area contributed by atoms with Crippen LogP contribution in [0.15, 0.2) is 66.9 Å². The second-order valence-electron chi connectivity index (χ2n) is 5.41. The average Bonchev–Trinajstić information content (AvgIpc) is 2.63. The van der Waals surface area contributed by atoms with E-state index < -0.39 is 0 Å². The zero-order valence-electron chi connectivity index (χ0n) is 13.2. The zero-order valence-corrected chi connectivity index (χ0v) is 14.0. The van der Waals surface area contributed by atoms with Gasteiger partial charge in [-0.3, -0.25) is 0 Å². The molecule has 0 amide bonds. The van der Waals surface area contributed by atoms with Crippen molar-refractivity contribution >= 4 is 23.4 Å². The topological polar surface area (TPSA) is 49.8 Å². The van der Waals surface area contributed by atoms with Crippen LogP contribution >= 0.6 is 11.6 Å². The van der Waals surface area contributed by atoms with Crippen LogP contribution in [0.2, 0.25) is 5.02 Å². The molecule has 0 atom stereocenters. The minimum Gasteiger partial charge on any atom is -0.370 e. The lowest BCUT2D eigenvalue weighted by molar-refractivity contribution is 0.991. The molecule has 3 rings (SSSR count). The predicted octanol–water partition coefficient (Wildman–Crippen LogP) is 4.40. The Hall–Kier alpha value is -2.59. The van der Waals surface area contributed by atoms with Crippen LogP contribution < -0.4 is 10.6 Å². The number of nitrogens with one attached hydrogen (secondary N) is 2. The maximum Gasteiger partial charge on any atom is 0.224 e. The Morgan fingerprint density at radius 1 is 0.833 bits per heavy atom. The molecule has 122 valence electrons. The van der Waals surface area contributed by atoms with Crippen molar-refractivity contribution in [3.8, 4) is 0 Å². The van der Waals surface area contributed by atoms with Crippen molar-refractivity contribution in [2.45, 2.75) is 13.0 Å². The monoisotopic (exact) mass is 338 g/mol. The maximum atomic E-state index is 5.89. The molecule has 0 radical (unpaired) electrons. The van der Waals surface area contributed by atoms with Crippen LogP contribution in [-0.2, 0) is 13.0 Å². The van der Waals surface area contributed by atoms with E-state index in [0.29, 0.717) is 12.5 Å². The number of aromatic nitrogens is 2. The number of rotatable bonds is 7. The lowest BCUT2D eigenvalue weighted by Crippen LogP contribution is -2.09. The Labute approximate surface area is 146 Å². The summed E-state index contributed by atoms with van der Waals surface area (Å²) in [6, 6.07) is 20.0. The van der Waals surface area contributed by atoms with Gasteiger partial charge in [-0.1, -0.05) is 54.1 Å². The molecular weight excluding hydrogens is 320 g/mol. The molecule has 2 aromatic carbocycles. The van der Waals surface area contributed by atoms with Crippen molar-refractivity contribution in [2.24, 2.45) is 0 Å². The second-order valence-corrected chi connectivity index (χ2v) is 5.84. The molecule has 1 aromatic heterocycles. The van der Waals surface area contributed by atoms with Crippen LogP contribution in [-0.4, -0.2) is 16.5 Å². The molecule has 24 heavy (non-hydrogen) atoms. The first kappa shape index (κ1) is 16.3. The van der Waals surface area contributed by atoms with Gasteiger partial charge < -0.3 is 10.6 Å². The van der Waals surface area contributed by atoms with E-state index in [1.807, 2.05) is 48.5 Å². The van der Waals surface area contributed by atoms with E-state index in [1.54, 1.807) is 6.20 Å². The van der Waals surface area contributed by atoms with Crippen molar-refractivity contribution in [1.29, 1.82) is 0 Å². The third-order valence-electron chi connectivity index (χ3n) is 3.58. The fraction of sp³-hybridized carbons (Fsp3) is 0.158. The molecule has 2 N–H and O–H groups in total. The SMILES string of the molecule is Clc1ccc(CCNc2ccnc(NCc3ccccc3)n2)cc1. The molecule has 0 bridgehead atoms. The number of nitrogens with zero attached hydrogens (tertiary/aromatic N) is 2. The van der Waals surface area contributed by atoms with Crippen LogP contribution in [0, 0.1) is 0 Å². The predicted molar refractivity (Wildman–Crippen MR) is 99.4 cm³/mol. The summed E-state index contributed by atoms with van der Waals surface area (Å²) >= 11 is 5.89. The molecule has 0 fully saturated rings. The van der Waals surface area contributed by atoms with Gasteiger partial charge in [-0.05, 0) is 35.7 Å². The van der Waals surface area contributed by atoms with E-state index in [2.05, 4.69) is 32.7 Å². The Morgan fingerprint density at radius 3 is 2.42 bits per heavy atom. The van der Waals surface area contributed by atoms with Gasteiger partial charge in [-0.25, -0.2) is 4.98 Å². The molecule has 1 heterocycles. The van der Waals surface area contributed by atoms with Gasteiger partial charge in [0.2, 0.25) is 5.95 Å². The highest BCUT2D eigenvalue weighted by Gasteiger charge is 2.00. The van der Waals surface area contributed by atoms with E-state index >= 15 is 0 Å². The van der Waals surface area contributed by atoms with Crippen molar-refractivity contribution in [3.63, 3.8) is 0 Å². The molecule has 0 aliphatic carbocycles. The first-order chi connectivity index (χ1) is 11.8. The average molecular weight is 339 g/mol. The molecule has 3 aromatic rings. The minimum absolute atomic E-state index is 0.621. The van der Waals surface area contributed by atoms with Crippen LogP contribution in [0.5, 0.6) is 0 Å². The summed E-state index contributed by atoms with van der Waals surface area (Å²) in [5.74, 6) is 1.44. The summed E-state index contributed by atoms with van der Waals surface area (Å²) in [4.78, 5) is 8.73. The van der Waals surface area contributed by atoms with Crippen LogP contribution in [0.3, 0.4) is 0 Å². The Kier molecular flexibility index (Phi) is 5.64. The van der Waals surface area contributed by atoms with Gasteiger partial charge in [0.1, 0.15) is 5.82 Å². The highest BCUT2D eigenvalue weighted by molar-refractivity contribution is 6.30. The molecule has 4 nitrogen and oxygen atoms in total. The van der Waals surface area contributed by atoms with Crippen molar-refractivity contribution in [2.75, 3.05) is 17.2 Å². The molecule has 0 unspecified atom stereocenters. The van der Waals surface area contributed by atoms with Crippen molar-refractivity contribution < 1.29 is 0 Å². The first-order valence-corrected chi connectivity index (χ1v) is 8.26. The Morgan fingerprint density at radius 2 is 1.62 bits per heavy atom. The zero-order chi connectivity index (χ0) is 16.6. The summed E-state index contributed by atoms with van der Waals surface area (Å²) in [6.45, 7) is 1.51. The largest absolute Gasteiger partial charge is 0.370 e. The van der Waals surface area contributed by atoms with E-state index in [0.717, 1.165) is 23.8 Å². The fourth-order valence-corrected chi connectivity index (χ4v) is 2.43. The Bertz CT molecular complexity index is 760. The number of benzene rings is 2. The van der Waals surface area contributed by atoms with Gasteiger partial charge in [0.15, 0.2) is 0 Å². The summed E-state index contributed by atoms with van der Waals surface area (Å²) in [7, 11) is 0. The smallest absolute Gasteiger partial charge is 0.224 e. The van der Waals surface area contributed by atoms with Crippen molar-refractivity contribution in [1.82, 2.24) is 9.97 Å². The van der Waals surface area contributed by atoms with Crippen LogP contribution in [0.1, 0.15) is 11.1 Å².